The van der Waals surface area contributed by atoms with E-state index in [0.29, 0.717) is 0 Å². The highest BCUT2D eigenvalue weighted by Gasteiger charge is 2.31. The van der Waals surface area contributed by atoms with Crippen molar-refractivity contribution in [3.05, 3.63) is 106 Å². The molecule has 2 aromatic carbocycles. The van der Waals surface area contributed by atoms with E-state index in [1.165, 1.54) is 56.4 Å². The number of aryl methyl sites for hydroxylation is 4. The Morgan fingerprint density at radius 1 is 0.516 bits per heavy atom. The van der Waals surface area contributed by atoms with Gasteiger partial charge >= 0.3 is 0 Å². The van der Waals surface area contributed by atoms with Crippen LogP contribution in [0.15, 0.2) is 60.7 Å². The Kier molecular flexibility index (Phi) is 5.21. The molecule has 31 heavy (non-hydrogen) atoms. The van der Waals surface area contributed by atoms with Crippen LogP contribution in [0.4, 0.5) is 0 Å². The van der Waals surface area contributed by atoms with Gasteiger partial charge in [0.25, 0.3) is 0 Å². The van der Waals surface area contributed by atoms with Crippen molar-refractivity contribution in [1.29, 1.82) is 0 Å². The highest BCUT2D eigenvalue weighted by atomic mass is 15.0. The molecule has 4 rings (SSSR count). The summed E-state index contributed by atoms with van der Waals surface area (Å²) < 4.78 is 4.77. The second-order valence-corrected chi connectivity index (χ2v) is 9.54. The SMILES string of the molecule is Cc1ccc(-n2c(C)cc(C(C)(C)c3cc(C)n(-c4ccc(C)cc4)c3C)c2C)cc1. The van der Waals surface area contributed by atoms with E-state index in [1.807, 2.05) is 0 Å². The summed E-state index contributed by atoms with van der Waals surface area (Å²) in [4.78, 5) is 0. The third kappa shape index (κ3) is 3.54. The second kappa shape index (κ2) is 7.60. The number of rotatable bonds is 4. The number of nitrogens with zero attached hydrogens (tertiary/aromatic N) is 2. The van der Waals surface area contributed by atoms with E-state index in [0.717, 1.165) is 0 Å². The lowest BCUT2D eigenvalue weighted by Gasteiger charge is -2.26. The first-order chi connectivity index (χ1) is 14.6. The molecule has 0 spiro atoms. The molecule has 0 atom stereocenters. The number of benzene rings is 2. The van der Waals surface area contributed by atoms with Gasteiger partial charge < -0.3 is 9.13 Å². The predicted molar refractivity (Wildman–Crippen MR) is 132 cm³/mol. The van der Waals surface area contributed by atoms with Crippen LogP contribution in [-0.2, 0) is 5.41 Å². The van der Waals surface area contributed by atoms with Gasteiger partial charge in [0.15, 0.2) is 0 Å². The number of aromatic nitrogens is 2. The smallest absolute Gasteiger partial charge is 0.0455 e. The van der Waals surface area contributed by atoms with Crippen LogP contribution in [-0.4, -0.2) is 9.13 Å². The van der Waals surface area contributed by atoms with Crippen LogP contribution >= 0.6 is 0 Å². The van der Waals surface area contributed by atoms with E-state index in [9.17, 15) is 0 Å². The average molecular weight is 411 g/mol. The first-order valence-corrected chi connectivity index (χ1v) is 11.1. The molecule has 0 saturated heterocycles. The molecule has 0 N–H and O–H groups in total. The third-order valence-electron chi connectivity index (χ3n) is 6.79. The Balaban J connectivity index is 1.83. The fourth-order valence-electron chi connectivity index (χ4n) is 5.12. The summed E-state index contributed by atoms with van der Waals surface area (Å²) in [5.74, 6) is 0. The summed E-state index contributed by atoms with van der Waals surface area (Å²) >= 11 is 0. The molecule has 0 saturated carbocycles. The van der Waals surface area contributed by atoms with E-state index in [4.69, 9.17) is 0 Å². The quantitative estimate of drug-likeness (QED) is 0.331. The van der Waals surface area contributed by atoms with E-state index in [-0.39, 0.29) is 5.41 Å². The van der Waals surface area contributed by atoms with Gasteiger partial charge in [-0.1, -0.05) is 49.2 Å². The molecule has 2 aromatic heterocycles. The summed E-state index contributed by atoms with van der Waals surface area (Å²) in [5, 5.41) is 0. The van der Waals surface area contributed by atoms with Crippen molar-refractivity contribution in [2.45, 2.75) is 60.8 Å². The monoisotopic (exact) mass is 410 g/mol. The maximum Gasteiger partial charge on any atom is 0.0455 e. The Labute approximate surface area is 187 Å². The molecular formula is C29H34N2. The lowest BCUT2D eigenvalue weighted by atomic mass is 9.78. The van der Waals surface area contributed by atoms with Crippen LogP contribution in [0.3, 0.4) is 0 Å². The summed E-state index contributed by atoms with van der Waals surface area (Å²) in [7, 11) is 0. The Morgan fingerprint density at radius 3 is 1.16 bits per heavy atom. The van der Waals surface area contributed by atoms with Crippen molar-refractivity contribution in [2.24, 2.45) is 0 Å². The minimum atomic E-state index is -0.102. The largest absolute Gasteiger partial charge is 0.318 e. The molecule has 0 aliphatic heterocycles. The zero-order chi connectivity index (χ0) is 22.5. The fourth-order valence-corrected chi connectivity index (χ4v) is 5.12. The highest BCUT2D eigenvalue weighted by molar-refractivity contribution is 5.51. The van der Waals surface area contributed by atoms with Crippen molar-refractivity contribution >= 4 is 0 Å². The molecule has 2 heteroatoms. The van der Waals surface area contributed by atoms with Gasteiger partial charge in [-0.2, -0.15) is 0 Å². The molecule has 0 aliphatic rings. The molecule has 2 nitrogen and oxygen atoms in total. The minimum absolute atomic E-state index is 0.102. The first kappa shape index (κ1) is 21.2. The van der Waals surface area contributed by atoms with Gasteiger partial charge in [0, 0.05) is 39.6 Å². The van der Waals surface area contributed by atoms with Crippen LogP contribution in [0, 0.1) is 41.5 Å². The first-order valence-electron chi connectivity index (χ1n) is 11.1. The van der Waals surface area contributed by atoms with Gasteiger partial charge in [-0.3, -0.25) is 0 Å². The Morgan fingerprint density at radius 2 is 0.839 bits per heavy atom. The van der Waals surface area contributed by atoms with Crippen molar-refractivity contribution in [3.8, 4) is 11.4 Å². The topological polar surface area (TPSA) is 9.86 Å². The van der Waals surface area contributed by atoms with Crippen molar-refractivity contribution in [3.63, 3.8) is 0 Å². The minimum Gasteiger partial charge on any atom is -0.318 e. The lowest BCUT2D eigenvalue weighted by molar-refractivity contribution is 0.628. The van der Waals surface area contributed by atoms with E-state index >= 15 is 0 Å². The zero-order valence-corrected chi connectivity index (χ0v) is 20.2. The van der Waals surface area contributed by atoms with Crippen molar-refractivity contribution < 1.29 is 0 Å². The molecule has 0 fully saturated rings. The molecule has 0 aliphatic carbocycles. The predicted octanol–water partition coefficient (Wildman–Crippen LogP) is 7.44. The Bertz CT molecular complexity index is 1130. The maximum atomic E-state index is 2.38. The van der Waals surface area contributed by atoms with Gasteiger partial charge in [-0.05, 0) is 89.1 Å². The van der Waals surface area contributed by atoms with E-state index in [1.54, 1.807) is 0 Å². The Hall–Kier alpha value is -3.00. The average Bonchev–Trinajstić information content (AvgIpc) is 3.19. The van der Waals surface area contributed by atoms with Crippen molar-refractivity contribution in [2.75, 3.05) is 0 Å². The molecule has 0 unspecified atom stereocenters. The van der Waals surface area contributed by atoms with Gasteiger partial charge in [-0.15, -0.1) is 0 Å². The van der Waals surface area contributed by atoms with Gasteiger partial charge in [-0.25, -0.2) is 0 Å². The number of hydrogen-bond acceptors (Lipinski definition) is 0. The summed E-state index contributed by atoms with van der Waals surface area (Å²) in [6.45, 7) is 17.9. The molecule has 2 heterocycles. The summed E-state index contributed by atoms with van der Waals surface area (Å²) in [5.41, 5.74) is 12.9. The molecule has 0 radical (unpaired) electrons. The van der Waals surface area contributed by atoms with Crippen LogP contribution in [0.1, 0.15) is 58.9 Å². The lowest BCUT2D eigenvalue weighted by Crippen LogP contribution is -2.21. The molecule has 0 amide bonds. The van der Waals surface area contributed by atoms with Gasteiger partial charge in [0.05, 0.1) is 0 Å². The van der Waals surface area contributed by atoms with Gasteiger partial charge in [0.2, 0.25) is 0 Å². The highest BCUT2D eigenvalue weighted by Crippen LogP contribution is 2.39. The summed E-state index contributed by atoms with van der Waals surface area (Å²) in [6, 6.07) is 22.4. The normalized spacial score (nSPS) is 11.9. The van der Waals surface area contributed by atoms with Crippen LogP contribution in [0.25, 0.3) is 11.4 Å². The summed E-state index contributed by atoms with van der Waals surface area (Å²) in [6.07, 6.45) is 0. The molecule has 0 bridgehead atoms. The molecule has 4 aromatic rings. The standard InChI is InChI=1S/C29H34N2/c1-19-9-13-25(14-10-19)30-21(3)17-27(23(30)5)29(7,8)28-18-22(4)31(24(28)6)26-15-11-20(2)12-16-26/h9-18H,1-8H3. The van der Waals surface area contributed by atoms with E-state index in [2.05, 4.69) is 125 Å². The second-order valence-electron chi connectivity index (χ2n) is 9.54. The molecular weight excluding hydrogens is 376 g/mol. The van der Waals surface area contributed by atoms with Gasteiger partial charge in [0.1, 0.15) is 0 Å². The van der Waals surface area contributed by atoms with Crippen molar-refractivity contribution in [1.82, 2.24) is 9.13 Å². The molecule has 160 valence electrons. The van der Waals surface area contributed by atoms with Crippen LogP contribution in [0.2, 0.25) is 0 Å². The maximum absolute atomic E-state index is 2.38. The van der Waals surface area contributed by atoms with Crippen LogP contribution < -0.4 is 0 Å². The third-order valence-corrected chi connectivity index (χ3v) is 6.79. The fraction of sp³-hybridized carbons (Fsp3) is 0.310. The number of hydrogen-bond donors (Lipinski definition) is 0. The zero-order valence-electron chi connectivity index (χ0n) is 20.2. The van der Waals surface area contributed by atoms with Crippen LogP contribution in [0.5, 0.6) is 0 Å². The van der Waals surface area contributed by atoms with E-state index < -0.39 is 0 Å².